The van der Waals surface area contributed by atoms with Crippen molar-refractivity contribution in [2.24, 2.45) is 0 Å². The van der Waals surface area contributed by atoms with Crippen LogP contribution < -0.4 is 0 Å². The summed E-state index contributed by atoms with van der Waals surface area (Å²) in [5.41, 5.74) is 9.09. The molecular formula is C35H23N3. The highest BCUT2D eigenvalue weighted by Crippen LogP contribution is 2.42. The van der Waals surface area contributed by atoms with Crippen LogP contribution in [0.25, 0.3) is 66.2 Å². The largest absolute Gasteiger partial charge is 0.309 e. The number of hydrogen-bond donors (Lipinski definition) is 0. The van der Waals surface area contributed by atoms with Gasteiger partial charge in [0.05, 0.1) is 27.8 Å². The molecule has 0 unspecified atom stereocenters. The lowest BCUT2D eigenvalue weighted by atomic mass is 10.0. The molecule has 178 valence electrons. The van der Waals surface area contributed by atoms with Gasteiger partial charge in [0.1, 0.15) is 0 Å². The van der Waals surface area contributed by atoms with E-state index in [1.807, 2.05) is 6.20 Å². The Balaban J connectivity index is 1.55. The van der Waals surface area contributed by atoms with E-state index in [2.05, 4.69) is 143 Å². The van der Waals surface area contributed by atoms with Gasteiger partial charge in [-0.15, -0.1) is 0 Å². The smallest absolute Gasteiger partial charge is 0.0955 e. The number of aromatic nitrogens is 3. The van der Waals surface area contributed by atoms with Crippen LogP contribution in [0, 0.1) is 0 Å². The second-order valence-corrected chi connectivity index (χ2v) is 9.63. The average Bonchev–Trinajstić information content (AvgIpc) is 3.51. The van der Waals surface area contributed by atoms with Gasteiger partial charge in [-0.1, -0.05) is 84.9 Å². The van der Waals surface area contributed by atoms with E-state index in [4.69, 9.17) is 4.98 Å². The van der Waals surface area contributed by atoms with Gasteiger partial charge in [-0.05, 0) is 48.5 Å². The molecule has 8 aromatic rings. The van der Waals surface area contributed by atoms with Gasteiger partial charge in [-0.2, -0.15) is 0 Å². The standard InChI is InChI=1S/C35H23N3/c1-3-12-24(13-4-1)37-31-20-10-8-17-28(31)33-29(18-11-21-32(33)37)34-35-27(22-23-36-34)26-16-7-9-19-30(26)38(35)25-14-5-2-6-15-25/h1-23H. The fourth-order valence-electron chi connectivity index (χ4n) is 6.03. The molecule has 3 heterocycles. The van der Waals surface area contributed by atoms with Crippen molar-refractivity contribution in [3.05, 3.63) is 140 Å². The van der Waals surface area contributed by atoms with Crippen molar-refractivity contribution in [2.75, 3.05) is 0 Å². The van der Waals surface area contributed by atoms with Gasteiger partial charge >= 0.3 is 0 Å². The van der Waals surface area contributed by atoms with Crippen molar-refractivity contribution < 1.29 is 0 Å². The predicted octanol–water partition coefficient (Wildman–Crippen LogP) is 8.94. The Labute approximate surface area is 219 Å². The first-order valence-corrected chi connectivity index (χ1v) is 12.9. The van der Waals surface area contributed by atoms with Gasteiger partial charge in [0, 0.05) is 44.7 Å². The number of hydrogen-bond acceptors (Lipinski definition) is 1. The lowest BCUT2D eigenvalue weighted by molar-refractivity contribution is 1.17. The van der Waals surface area contributed by atoms with E-state index in [-0.39, 0.29) is 0 Å². The molecule has 8 rings (SSSR count). The molecular weight excluding hydrogens is 462 g/mol. The third-order valence-corrected chi connectivity index (χ3v) is 7.56. The van der Waals surface area contributed by atoms with Crippen molar-refractivity contribution >= 4 is 43.6 Å². The lowest BCUT2D eigenvalue weighted by Gasteiger charge is -2.12. The minimum atomic E-state index is 0.990. The molecule has 5 aromatic carbocycles. The van der Waals surface area contributed by atoms with Gasteiger partial charge in [-0.25, -0.2) is 0 Å². The quantitative estimate of drug-likeness (QED) is 0.245. The number of para-hydroxylation sites is 4. The molecule has 0 fully saturated rings. The van der Waals surface area contributed by atoms with Gasteiger partial charge < -0.3 is 9.13 Å². The SMILES string of the molecule is c1ccc(-n2c3ccccc3c3c(-c4nccc5c6ccccc6n(-c6ccccc6)c45)cccc32)cc1. The van der Waals surface area contributed by atoms with E-state index < -0.39 is 0 Å². The highest BCUT2D eigenvalue weighted by atomic mass is 15.0. The molecule has 0 atom stereocenters. The maximum atomic E-state index is 5.07. The molecule has 0 aliphatic heterocycles. The Morgan fingerprint density at radius 1 is 0.421 bits per heavy atom. The summed E-state index contributed by atoms with van der Waals surface area (Å²) in [5.74, 6) is 0. The fraction of sp³-hybridized carbons (Fsp3) is 0. The molecule has 0 saturated heterocycles. The van der Waals surface area contributed by atoms with E-state index in [9.17, 15) is 0 Å². The normalized spacial score (nSPS) is 11.7. The molecule has 0 amide bonds. The van der Waals surface area contributed by atoms with Crippen LogP contribution in [-0.4, -0.2) is 14.1 Å². The minimum absolute atomic E-state index is 0.990. The van der Waals surface area contributed by atoms with Crippen LogP contribution >= 0.6 is 0 Å². The Morgan fingerprint density at radius 3 is 1.74 bits per heavy atom. The van der Waals surface area contributed by atoms with Crippen molar-refractivity contribution in [2.45, 2.75) is 0 Å². The third kappa shape index (κ3) is 2.93. The number of pyridine rings is 1. The number of benzene rings is 5. The fourth-order valence-corrected chi connectivity index (χ4v) is 6.03. The second-order valence-electron chi connectivity index (χ2n) is 9.63. The molecule has 0 spiro atoms. The molecule has 0 saturated carbocycles. The highest BCUT2D eigenvalue weighted by molar-refractivity contribution is 6.19. The monoisotopic (exact) mass is 485 g/mol. The molecule has 0 radical (unpaired) electrons. The van der Waals surface area contributed by atoms with Crippen LogP contribution in [0.15, 0.2) is 140 Å². The third-order valence-electron chi connectivity index (χ3n) is 7.56. The van der Waals surface area contributed by atoms with Crippen molar-refractivity contribution in [1.29, 1.82) is 0 Å². The zero-order valence-electron chi connectivity index (χ0n) is 20.6. The summed E-state index contributed by atoms with van der Waals surface area (Å²) in [6.07, 6.45) is 1.95. The molecule has 0 N–H and O–H groups in total. The summed E-state index contributed by atoms with van der Waals surface area (Å²) in [4.78, 5) is 5.07. The Morgan fingerprint density at radius 2 is 1.00 bits per heavy atom. The topological polar surface area (TPSA) is 22.8 Å². The van der Waals surface area contributed by atoms with E-state index in [0.717, 1.165) is 28.1 Å². The van der Waals surface area contributed by atoms with Crippen LogP contribution in [0.1, 0.15) is 0 Å². The molecule has 3 aromatic heterocycles. The summed E-state index contributed by atoms with van der Waals surface area (Å²) < 4.78 is 4.73. The van der Waals surface area contributed by atoms with Gasteiger partial charge in [0.25, 0.3) is 0 Å². The molecule has 3 heteroatoms. The highest BCUT2D eigenvalue weighted by Gasteiger charge is 2.21. The first-order chi connectivity index (χ1) is 18.9. The summed E-state index contributed by atoms with van der Waals surface area (Å²) in [7, 11) is 0. The molecule has 38 heavy (non-hydrogen) atoms. The second kappa shape index (κ2) is 8.19. The van der Waals surface area contributed by atoms with Crippen molar-refractivity contribution in [3.63, 3.8) is 0 Å². The maximum absolute atomic E-state index is 5.07. The summed E-state index contributed by atoms with van der Waals surface area (Å²) in [5, 5.41) is 4.88. The zero-order chi connectivity index (χ0) is 25.1. The average molecular weight is 486 g/mol. The van der Waals surface area contributed by atoms with Gasteiger partial charge in [0.2, 0.25) is 0 Å². The predicted molar refractivity (Wildman–Crippen MR) is 158 cm³/mol. The van der Waals surface area contributed by atoms with E-state index >= 15 is 0 Å². The number of rotatable bonds is 3. The Bertz CT molecular complexity index is 2120. The van der Waals surface area contributed by atoms with Gasteiger partial charge in [-0.3, -0.25) is 4.98 Å². The number of fused-ring (bicyclic) bond motifs is 6. The van der Waals surface area contributed by atoms with E-state index in [1.165, 1.54) is 38.1 Å². The number of nitrogens with zero attached hydrogens (tertiary/aromatic N) is 3. The van der Waals surface area contributed by atoms with Gasteiger partial charge in [0.15, 0.2) is 0 Å². The lowest BCUT2D eigenvalue weighted by Crippen LogP contribution is -1.97. The molecule has 0 aliphatic carbocycles. The van der Waals surface area contributed by atoms with E-state index in [0.29, 0.717) is 0 Å². The summed E-state index contributed by atoms with van der Waals surface area (Å²) >= 11 is 0. The van der Waals surface area contributed by atoms with Crippen molar-refractivity contribution in [3.8, 4) is 22.6 Å². The van der Waals surface area contributed by atoms with Crippen LogP contribution in [0.4, 0.5) is 0 Å². The van der Waals surface area contributed by atoms with Crippen LogP contribution in [0.3, 0.4) is 0 Å². The molecule has 3 nitrogen and oxygen atoms in total. The van der Waals surface area contributed by atoms with Crippen LogP contribution in [0.5, 0.6) is 0 Å². The summed E-state index contributed by atoms with van der Waals surface area (Å²) in [6, 6.07) is 47.3. The Kier molecular flexibility index (Phi) is 4.52. The minimum Gasteiger partial charge on any atom is -0.309 e. The zero-order valence-corrected chi connectivity index (χ0v) is 20.6. The molecule has 0 aliphatic rings. The van der Waals surface area contributed by atoms with Crippen LogP contribution in [-0.2, 0) is 0 Å². The summed E-state index contributed by atoms with van der Waals surface area (Å²) in [6.45, 7) is 0. The van der Waals surface area contributed by atoms with Crippen LogP contribution in [0.2, 0.25) is 0 Å². The Hall–Kier alpha value is -5.15. The first-order valence-electron chi connectivity index (χ1n) is 12.9. The maximum Gasteiger partial charge on any atom is 0.0955 e. The first kappa shape index (κ1) is 21.0. The van der Waals surface area contributed by atoms with Crippen molar-refractivity contribution in [1.82, 2.24) is 14.1 Å². The molecule has 0 bridgehead atoms. The van der Waals surface area contributed by atoms with E-state index in [1.54, 1.807) is 0 Å².